The minimum atomic E-state index is -0.504. The zero-order chi connectivity index (χ0) is 35.9. The molecule has 0 N–H and O–H groups in total. The molecule has 0 saturated carbocycles. The van der Waals surface area contributed by atoms with Crippen LogP contribution in [0.15, 0.2) is 170 Å². The van der Waals surface area contributed by atoms with Crippen LogP contribution in [0.2, 0.25) is 0 Å². The molecule has 1 aliphatic rings. The summed E-state index contributed by atoms with van der Waals surface area (Å²) in [5.74, 6) is 2.18. The van der Waals surface area contributed by atoms with Crippen LogP contribution in [0.3, 0.4) is 0 Å². The number of halogens is 1. The van der Waals surface area contributed by atoms with Crippen LogP contribution in [0.4, 0.5) is 4.39 Å². The summed E-state index contributed by atoms with van der Waals surface area (Å²) in [5, 5.41) is 0. The van der Waals surface area contributed by atoms with Gasteiger partial charge in [0.25, 0.3) is 0 Å². The van der Waals surface area contributed by atoms with Gasteiger partial charge in [-0.3, -0.25) is 0 Å². The smallest absolute Gasteiger partial charge is 0.164 e. The molecule has 254 valence electrons. The highest BCUT2D eigenvalue weighted by molar-refractivity contribution is 5.89. The molecule has 0 spiro atoms. The fourth-order valence-corrected chi connectivity index (χ4v) is 7.20. The number of hydrogen-bond donors (Lipinski definition) is 0. The van der Waals surface area contributed by atoms with Crippen molar-refractivity contribution in [2.75, 3.05) is 0 Å². The molecule has 0 radical (unpaired) electrons. The van der Waals surface area contributed by atoms with Crippen LogP contribution >= 0.6 is 0 Å². The van der Waals surface area contributed by atoms with Gasteiger partial charge >= 0.3 is 0 Å². The lowest BCUT2D eigenvalue weighted by atomic mass is 9.84. The maximum atomic E-state index is 13.7. The Kier molecular flexibility index (Phi) is 7.97. The molecule has 7 aromatic carbocycles. The molecule has 2 heterocycles. The van der Waals surface area contributed by atoms with Crippen molar-refractivity contribution < 1.29 is 9.13 Å². The van der Waals surface area contributed by atoms with E-state index in [4.69, 9.17) is 19.7 Å². The zero-order valence-corrected chi connectivity index (χ0v) is 29.3. The van der Waals surface area contributed by atoms with Gasteiger partial charge in [0.2, 0.25) is 0 Å². The summed E-state index contributed by atoms with van der Waals surface area (Å²) in [6.07, 6.45) is 0. The van der Waals surface area contributed by atoms with E-state index in [2.05, 4.69) is 111 Å². The monoisotopic (exact) mass is 687 g/mol. The summed E-state index contributed by atoms with van der Waals surface area (Å²) in [6.45, 7) is 4.19. The first-order valence-electron chi connectivity index (χ1n) is 17.7. The Hall–Kier alpha value is -6.72. The number of benzene rings is 7. The van der Waals surface area contributed by atoms with Crippen molar-refractivity contribution >= 4 is 0 Å². The fraction of sp³-hybridized carbons (Fsp3) is 0.0625. The summed E-state index contributed by atoms with van der Waals surface area (Å²) >= 11 is 0. The van der Waals surface area contributed by atoms with Crippen LogP contribution in [-0.2, 0) is 5.60 Å². The van der Waals surface area contributed by atoms with E-state index < -0.39 is 5.60 Å². The number of rotatable bonds is 6. The summed E-state index contributed by atoms with van der Waals surface area (Å²) in [7, 11) is 0. The summed E-state index contributed by atoms with van der Waals surface area (Å²) in [5.41, 5.74) is 11.5. The zero-order valence-electron chi connectivity index (χ0n) is 29.3. The average Bonchev–Trinajstić information content (AvgIpc) is 3.21. The molecule has 8 aromatic rings. The van der Waals surface area contributed by atoms with Gasteiger partial charge in [0.1, 0.15) is 17.2 Å². The standard InChI is InChI=1S/C48H34FN3O/c1-48(2)42-18-10-9-16-40(42)44-41(17-11-19-43(44)53-48)47-51-45(35-22-20-33(21-23-35)34-24-26-39(49)27-25-34)50-46(52-47)38-29-36(31-12-5-3-6-13-31)28-37(30-38)32-14-7-4-8-15-32/h3-30H,1-2H3. The van der Waals surface area contributed by atoms with Gasteiger partial charge in [-0.2, -0.15) is 0 Å². The van der Waals surface area contributed by atoms with Gasteiger partial charge in [-0.25, -0.2) is 19.3 Å². The molecule has 53 heavy (non-hydrogen) atoms. The Morgan fingerprint density at radius 2 is 0.887 bits per heavy atom. The lowest BCUT2D eigenvalue weighted by Gasteiger charge is -2.35. The number of fused-ring (bicyclic) bond motifs is 3. The first-order valence-corrected chi connectivity index (χ1v) is 17.7. The van der Waals surface area contributed by atoms with E-state index in [1.54, 1.807) is 12.1 Å². The van der Waals surface area contributed by atoms with Gasteiger partial charge in [-0.05, 0) is 89.2 Å². The minimum absolute atomic E-state index is 0.262. The summed E-state index contributed by atoms with van der Waals surface area (Å²) < 4.78 is 20.3. The van der Waals surface area contributed by atoms with Gasteiger partial charge in [-0.15, -0.1) is 0 Å². The number of ether oxygens (including phenoxy) is 1. The molecule has 0 aliphatic carbocycles. The van der Waals surface area contributed by atoms with Gasteiger partial charge in [-0.1, -0.05) is 133 Å². The molecule has 1 aliphatic heterocycles. The third-order valence-electron chi connectivity index (χ3n) is 9.84. The first-order chi connectivity index (χ1) is 25.9. The quantitative estimate of drug-likeness (QED) is 0.175. The Morgan fingerprint density at radius 1 is 0.415 bits per heavy atom. The Morgan fingerprint density at radius 3 is 1.53 bits per heavy atom. The first kappa shape index (κ1) is 32.2. The maximum Gasteiger partial charge on any atom is 0.164 e. The lowest BCUT2D eigenvalue weighted by Crippen LogP contribution is -2.29. The summed E-state index contributed by atoms with van der Waals surface area (Å²) in [4.78, 5) is 15.6. The highest BCUT2D eigenvalue weighted by Gasteiger charge is 2.34. The molecule has 0 fully saturated rings. The highest BCUT2D eigenvalue weighted by atomic mass is 19.1. The van der Waals surface area contributed by atoms with Crippen molar-refractivity contribution in [3.8, 4) is 84.4 Å². The second-order valence-electron chi connectivity index (χ2n) is 13.8. The molecule has 0 amide bonds. The second kappa shape index (κ2) is 13.1. The van der Waals surface area contributed by atoms with Crippen molar-refractivity contribution in [3.63, 3.8) is 0 Å². The molecular weight excluding hydrogens is 654 g/mol. The second-order valence-corrected chi connectivity index (χ2v) is 13.8. The molecule has 0 unspecified atom stereocenters. The molecule has 1 aromatic heterocycles. The van der Waals surface area contributed by atoms with Crippen LogP contribution in [-0.4, -0.2) is 15.0 Å². The topological polar surface area (TPSA) is 47.9 Å². The van der Waals surface area contributed by atoms with Crippen LogP contribution in [0.5, 0.6) is 5.75 Å². The van der Waals surface area contributed by atoms with E-state index in [1.165, 1.54) is 12.1 Å². The van der Waals surface area contributed by atoms with Gasteiger partial charge in [0.05, 0.1) is 0 Å². The van der Waals surface area contributed by atoms with E-state index in [1.807, 2.05) is 48.5 Å². The van der Waals surface area contributed by atoms with Crippen molar-refractivity contribution in [1.29, 1.82) is 0 Å². The fourth-order valence-electron chi connectivity index (χ4n) is 7.20. The highest BCUT2D eigenvalue weighted by Crippen LogP contribution is 2.49. The molecule has 0 atom stereocenters. The Bertz CT molecular complexity index is 2540. The third kappa shape index (κ3) is 6.17. The van der Waals surface area contributed by atoms with Crippen molar-refractivity contribution in [2.24, 2.45) is 0 Å². The van der Waals surface area contributed by atoms with E-state index >= 15 is 0 Å². The lowest BCUT2D eigenvalue weighted by molar-refractivity contribution is 0.106. The van der Waals surface area contributed by atoms with E-state index in [-0.39, 0.29) is 5.82 Å². The number of nitrogens with zero attached hydrogens (tertiary/aromatic N) is 3. The van der Waals surface area contributed by atoms with Crippen molar-refractivity contribution in [2.45, 2.75) is 19.4 Å². The molecule has 4 nitrogen and oxygen atoms in total. The number of hydrogen-bond acceptors (Lipinski definition) is 4. The minimum Gasteiger partial charge on any atom is -0.482 e. The molecule has 0 saturated heterocycles. The Balaban J connectivity index is 1.26. The molecule has 0 bridgehead atoms. The largest absolute Gasteiger partial charge is 0.482 e. The van der Waals surface area contributed by atoms with Crippen LogP contribution in [0.25, 0.3) is 78.7 Å². The predicted octanol–water partition coefficient (Wildman–Crippen LogP) is 12.3. The third-order valence-corrected chi connectivity index (χ3v) is 9.84. The maximum absolute atomic E-state index is 13.7. The van der Waals surface area contributed by atoms with E-state index in [9.17, 15) is 4.39 Å². The van der Waals surface area contributed by atoms with Crippen molar-refractivity contribution in [1.82, 2.24) is 15.0 Å². The van der Waals surface area contributed by atoms with Gasteiger partial charge < -0.3 is 4.74 Å². The number of aromatic nitrogens is 3. The SMILES string of the molecule is CC1(C)Oc2cccc(-c3nc(-c4ccc(-c5ccc(F)cc5)cc4)nc(-c4cc(-c5ccccc5)cc(-c5ccccc5)c4)n3)c2-c2ccccc21. The van der Waals surface area contributed by atoms with Crippen molar-refractivity contribution in [3.05, 3.63) is 181 Å². The van der Waals surface area contributed by atoms with Crippen LogP contribution in [0, 0.1) is 5.82 Å². The average molecular weight is 688 g/mol. The predicted molar refractivity (Wildman–Crippen MR) is 211 cm³/mol. The van der Waals surface area contributed by atoms with Crippen LogP contribution < -0.4 is 4.74 Å². The van der Waals surface area contributed by atoms with Gasteiger partial charge in [0, 0.05) is 27.8 Å². The van der Waals surface area contributed by atoms with Gasteiger partial charge in [0.15, 0.2) is 17.5 Å². The normalized spacial score (nSPS) is 12.7. The Labute approximate surface area is 308 Å². The summed E-state index contributed by atoms with van der Waals surface area (Å²) in [6, 6.07) is 56.3. The molecular formula is C48H34FN3O. The molecule has 9 rings (SSSR count). The molecule has 5 heteroatoms. The van der Waals surface area contributed by atoms with Crippen LogP contribution in [0.1, 0.15) is 19.4 Å². The van der Waals surface area contributed by atoms with E-state index in [0.717, 1.165) is 72.5 Å². The van der Waals surface area contributed by atoms with E-state index in [0.29, 0.717) is 17.5 Å².